The van der Waals surface area contributed by atoms with Gasteiger partial charge in [0.2, 0.25) is 0 Å². The first kappa shape index (κ1) is 19.2. The van der Waals surface area contributed by atoms with Crippen molar-refractivity contribution in [3.05, 3.63) is 107 Å². The normalized spacial score (nSPS) is 11.0. The molecule has 0 aliphatic rings. The molecule has 1 N–H and O–H groups in total. The molecule has 0 fully saturated rings. The van der Waals surface area contributed by atoms with Crippen LogP contribution in [0.3, 0.4) is 0 Å². The van der Waals surface area contributed by atoms with Gasteiger partial charge in [-0.25, -0.2) is 9.67 Å². The molecular formula is C25H16BrN3O2. The third-order valence-electron chi connectivity index (χ3n) is 5.05. The van der Waals surface area contributed by atoms with Crippen molar-refractivity contribution in [1.82, 2.24) is 14.8 Å². The molecule has 5 rings (SSSR count). The molecule has 0 radical (unpaired) electrons. The van der Waals surface area contributed by atoms with Crippen LogP contribution in [-0.2, 0) is 0 Å². The average Bonchev–Trinajstić information content (AvgIpc) is 3.19. The van der Waals surface area contributed by atoms with Gasteiger partial charge in [0.25, 0.3) is 0 Å². The van der Waals surface area contributed by atoms with Crippen molar-refractivity contribution in [2.24, 2.45) is 0 Å². The SMILES string of the molecule is O=C(c1cnc2c(c1)c(-c1ccc(Br)cc1)nn2-c1ccccc1)c1ccccc1O. The zero-order chi connectivity index (χ0) is 21.4. The Morgan fingerprint density at radius 2 is 1.61 bits per heavy atom. The van der Waals surface area contributed by atoms with Gasteiger partial charge >= 0.3 is 0 Å². The molecule has 0 bridgehead atoms. The van der Waals surface area contributed by atoms with Gasteiger partial charge < -0.3 is 5.11 Å². The van der Waals surface area contributed by atoms with Crippen LogP contribution < -0.4 is 0 Å². The number of para-hydroxylation sites is 2. The second-order valence-corrected chi connectivity index (χ2v) is 7.96. The van der Waals surface area contributed by atoms with E-state index in [0.29, 0.717) is 11.2 Å². The summed E-state index contributed by atoms with van der Waals surface area (Å²) < 4.78 is 2.75. The molecule has 0 unspecified atom stereocenters. The van der Waals surface area contributed by atoms with Crippen molar-refractivity contribution in [2.75, 3.05) is 0 Å². The van der Waals surface area contributed by atoms with Gasteiger partial charge in [-0.2, -0.15) is 5.10 Å². The minimum atomic E-state index is -0.290. The van der Waals surface area contributed by atoms with E-state index in [-0.39, 0.29) is 17.1 Å². The Kier molecular flexibility index (Phi) is 4.84. The van der Waals surface area contributed by atoms with E-state index in [2.05, 4.69) is 20.9 Å². The van der Waals surface area contributed by atoms with Crippen LogP contribution >= 0.6 is 15.9 Å². The molecule has 3 aromatic carbocycles. The molecule has 5 aromatic rings. The minimum absolute atomic E-state index is 0.0549. The van der Waals surface area contributed by atoms with E-state index < -0.39 is 0 Å². The number of carbonyl (C=O) groups is 1. The summed E-state index contributed by atoms with van der Waals surface area (Å²) in [4.78, 5) is 17.6. The number of fused-ring (bicyclic) bond motifs is 1. The van der Waals surface area contributed by atoms with E-state index in [1.54, 1.807) is 28.9 Å². The van der Waals surface area contributed by atoms with Gasteiger partial charge in [-0.1, -0.05) is 58.4 Å². The van der Waals surface area contributed by atoms with E-state index in [4.69, 9.17) is 5.10 Å². The quantitative estimate of drug-likeness (QED) is 0.338. The van der Waals surface area contributed by atoms with Crippen LogP contribution in [0.5, 0.6) is 5.75 Å². The Morgan fingerprint density at radius 3 is 2.35 bits per heavy atom. The molecule has 0 aliphatic carbocycles. The van der Waals surface area contributed by atoms with Gasteiger partial charge in [0, 0.05) is 27.2 Å². The molecule has 5 nitrogen and oxygen atoms in total. The number of halogens is 1. The molecule has 2 aromatic heterocycles. The Bertz CT molecular complexity index is 1410. The van der Waals surface area contributed by atoms with Crippen molar-refractivity contribution >= 4 is 32.7 Å². The summed E-state index contributed by atoms with van der Waals surface area (Å²) in [7, 11) is 0. The standard InChI is InChI=1S/C25H16BrN3O2/c26-18-12-10-16(11-13-18)23-21-14-17(24(31)20-8-4-5-9-22(20)30)15-27-25(21)29(28-23)19-6-2-1-3-7-19/h1-15,30H. The Balaban J connectivity index is 1.72. The lowest BCUT2D eigenvalue weighted by Gasteiger charge is -2.05. The van der Waals surface area contributed by atoms with Gasteiger partial charge in [-0.3, -0.25) is 4.79 Å². The van der Waals surface area contributed by atoms with Crippen LogP contribution in [0.15, 0.2) is 95.6 Å². The third-order valence-corrected chi connectivity index (χ3v) is 5.58. The lowest BCUT2D eigenvalue weighted by molar-refractivity contribution is 0.103. The van der Waals surface area contributed by atoms with E-state index in [0.717, 1.165) is 26.8 Å². The highest BCUT2D eigenvalue weighted by Crippen LogP contribution is 2.31. The molecular weight excluding hydrogens is 454 g/mol. The number of phenolic OH excluding ortho intramolecular Hbond substituents is 1. The number of ketones is 1. The number of aromatic nitrogens is 3. The second-order valence-electron chi connectivity index (χ2n) is 7.04. The number of nitrogens with zero attached hydrogens (tertiary/aromatic N) is 3. The zero-order valence-electron chi connectivity index (χ0n) is 16.2. The van der Waals surface area contributed by atoms with E-state index >= 15 is 0 Å². The van der Waals surface area contributed by atoms with Crippen molar-refractivity contribution in [3.63, 3.8) is 0 Å². The summed E-state index contributed by atoms with van der Waals surface area (Å²) in [5.41, 5.74) is 3.80. The number of aromatic hydroxyl groups is 1. The highest BCUT2D eigenvalue weighted by molar-refractivity contribution is 9.10. The third kappa shape index (κ3) is 3.51. The summed E-state index contributed by atoms with van der Waals surface area (Å²) in [6.07, 6.45) is 1.53. The molecule has 2 heterocycles. The smallest absolute Gasteiger partial charge is 0.198 e. The predicted molar refractivity (Wildman–Crippen MR) is 124 cm³/mol. The van der Waals surface area contributed by atoms with Crippen molar-refractivity contribution in [3.8, 4) is 22.7 Å². The summed E-state index contributed by atoms with van der Waals surface area (Å²) in [5, 5.41) is 15.7. The van der Waals surface area contributed by atoms with Gasteiger partial charge in [-0.05, 0) is 42.5 Å². The molecule has 0 atom stereocenters. The number of hydrogen-bond acceptors (Lipinski definition) is 4. The summed E-state index contributed by atoms with van der Waals surface area (Å²) in [6.45, 7) is 0. The molecule has 0 amide bonds. The minimum Gasteiger partial charge on any atom is -0.507 e. The van der Waals surface area contributed by atoms with Gasteiger partial charge in [0.15, 0.2) is 11.4 Å². The molecule has 0 aliphatic heterocycles. The monoisotopic (exact) mass is 469 g/mol. The fourth-order valence-corrected chi connectivity index (χ4v) is 3.78. The lowest BCUT2D eigenvalue weighted by atomic mass is 10.0. The Labute approximate surface area is 186 Å². The topological polar surface area (TPSA) is 68.0 Å². The van der Waals surface area contributed by atoms with Crippen molar-refractivity contribution in [2.45, 2.75) is 0 Å². The van der Waals surface area contributed by atoms with Gasteiger partial charge in [-0.15, -0.1) is 0 Å². The largest absolute Gasteiger partial charge is 0.507 e. The maximum atomic E-state index is 13.0. The first-order valence-corrected chi connectivity index (χ1v) is 10.4. The molecule has 0 spiro atoms. The number of carbonyl (C=O) groups excluding carboxylic acids is 1. The average molecular weight is 470 g/mol. The zero-order valence-corrected chi connectivity index (χ0v) is 17.8. The molecule has 150 valence electrons. The van der Waals surface area contributed by atoms with Crippen molar-refractivity contribution in [1.29, 1.82) is 0 Å². The molecule has 0 saturated heterocycles. The van der Waals surface area contributed by atoms with Crippen molar-refractivity contribution < 1.29 is 9.90 Å². The van der Waals surface area contributed by atoms with E-state index in [9.17, 15) is 9.90 Å². The first-order valence-electron chi connectivity index (χ1n) is 9.64. The highest BCUT2D eigenvalue weighted by atomic mass is 79.9. The van der Waals surface area contributed by atoms with Crippen LogP contribution in [0.1, 0.15) is 15.9 Å². The number of hydrogen-bond donors (Lipinski definition) is 1. The molecule has 31 heavy (non-hydrogen) atoms. The van der Waals surface area contributed by atoms with Gasteiger partial charge in [0.1, 0.15) is 11.4 Å². The fourth-order valence-electron chi connectivity index (χ4n) is 3.52. The lowest BCUT2D eigenvalue weighted by Crippen LogP contribution is -2.03. The Hall–Kier alpha value is -3.77. The summed E-state index contributed by atoms with van der Waals surface area (Å²) >= 11 is 3.47. The van der Waals surface area contributed by atoms with Crippen LogP contribution in [-0.4, -0.2) is 25.7 Å². The summed E-state index contributed by atoms with van der Waals surface area (Å²) in [6, 6.07) is 25.9. The maximum absolute atomic E-state index is 13.0. The number of pyridine rings is 1. The highest BCUT2D eigenvalue weighted by Gasteiger charge is 2.19. The number of rotatable bonds is 4. The van der Waals surface area contributed by atoms with Crippen LogP contribution in [0.25, 0.3) is 28.0 Å². The summed E-state index contributed by atoms with van der Waals surface area (Å²) in [5.74, 6) is -0.345. The van der Waals surface area contributed by atoms with E-state index in [1.807, 2.05) is 54.6 Å². The fraction of sp³-hybridized carbons (Fsp3) is 0. The van der Waals surface area contributed by atoms with Crippen LogP contribution in [0.2, 0.25) is 0 Å². The number of benzene rings is 3. The Morgan fingerprint density at radius 1 is 0.903 bits per heavy atom. The molecule has 6 heteroatoms. The molecule has 0 saturated carbocycles. The van der Waals surface area contributed by atoms with E-state index in [1.165, 1.54) is 12.3 Å². The first-order chi connectivity index (χ1) is 15.1. The van der Waals surface area contributed by atoms with Crippen LogP contribution in [0, 0.1) is 0 Å². The second kappa shape index (κ2) is 7.81. The predicted octanol–water partition coefficient (Wildman–Crippen LogP) is 5.79. The van der Waals surface area contributed by atoms with Crippen LogP contribution in [0.4, 0.5) is 0 Å². The number of phenols is 1. The van der Waals surface area contributed by atoms with Gasteiger partial charge in [0.05, 0.1) is 11.3 Å². The maximum Gasteiger partial charge on any atom is 0.198 e.